The molecule has 5 aromatic rings. The molecule has 0 spiro atoms. The number of aromatic nitrogens is 3. The molecule has 1 aliphatic heterocycles. The van der Waals surface area contributed by atoms with Gasteiger partial charge in [0.15, 0.2) is 0 Å². The quantitative estimate of drug-likeness (QED) is 0.294. The van der Waals surface area contributed by atoms with Crippen molar-refractivity contribution in [1.82, 2.24) is 14.5 Å². The fraction of sp³-hybridized carbons (Fsp3) is 0.308. The summed E-state index contributed by atoms with van der Waals surface area (Å²) < 4.78 is 3.69. The lowest BCUT2D eigenvalue weighted by molar-refractivity contribution is 0.534. The molecule has 150 valence electrons. The molecule has 0 unspecified atom stereocenters. The molecule has 3 nitrogen and oxygen atoms in total. The van der Waals surface area contributed by atoms with Gasteiger partial charge in [-0.15, -0.1) is 11.3 Å². The summed E-state index contributed by atoms with van der Waals surface area (Å²) >= 11 is 1.86. The Labute approximate surface area is 180 Å². The van der Waals surface area contributed by atoms with E-state index >= 15 is 0 Å². The highest BCUT2D eigenvalue weighted by Crippen LogP contribution is 2.42. The van der Waals surface area contributed by atoms with E-state index in [0.717, 1.165) is 24.2 Å². The standard InChI is InChI=1S/C26H25N3S/c1-26(2,3)20-15-17(14-16-8-4-5-9-18(16)20)22-24-19(11-12-27-22)23-25(30-24)29-13-7-6-10-21(29)28-23/h4-5,8-9,11-12,14-15H,6-7,10,13H2,1-3H3. The third kappa shape index (κ3) is 2.63. The summed E-state index contributed by atoms with van der Waals surface area (Å²) in [7, 11) is 0. The fourth-order valence-electron chi connectivity index (χ4n) is 4.84. The number of aryl methyl sites for hydroxylation is 2. The van der Waals surface area contributed by atoms with E-state index in [4.69, 9.17) is 9.97 Å². The first-order valence-corrected chi connectivity index (χ1v) is 11.6. The maximum atomic E-state index is 5.03. The number of hydrogen-bond donors (Lipinski definition) is 0. The maximum Gasteiger partial charge on any atom is 0.124 e. The van der Waals surface area contributed by atoms with Crippen molar-refractivity contribution >= 4 is 42.5 Å². The Hall–Kier alpha value is -2.72. The van der Waals surface area contributed by atoms with E-state index in [2.05, 4.69) is 67.8 Å². The van der Waals surface area contributed by atoms with Crippen molar-refractivity contribution in [3.05, 3.63) is 60.0 Å². The third-order valence-corrected chi connectivity index (χ3v) is 7.56. The number of pyridine rings is 1. The molecule has 0 amide bonds. The van der Waals surface area contributed by atoms with Gasteiger partial charge < -0.3 is 4.57 Å². The van der Waals surface area contributed by atoms with E-state index in [-0.39, 0.29) is 5.41 Å². The van der Waals surface area contributed by atoms with E-state index in [0.29, 0.717) is 0 Å². The van der Waals surface area contributed by atoms with E-state index in [9.17, 15) is 0 Å². The zero-order valence-electron chi connectivity index (χ0n) is 17.7. The number of fused-ring (bicyclic) bond motifs is 6. The molecule has 0 fully saturated rings. The normalized spacial score (nSPS) is 14.6. The Morgan fingerprint density at radius 1 is 1.00 bits per heavy atom. The minimum Gasteiger partial charge on any atom is -0.320 e. The lowest BCUT2D eigenvalue weighted by Gasteiger charge is -2.22. The lowest BCUT2D eigenvalue weighted by Crippen LogP contribution is -2.12. The number of imidazole rings is 1. The Morgan fingerprint density at radius 3 is 2.73 bits per heavy atom. The lowest BCUT2D eigenvalue weighted by atomic mass is 9.82. The van der Waals surface area contributed by atoms with Crippen molar-refractivity contribution in [3.8, 4) is 11.3 Å². The molecule has 30 heavy (non-hydrogen) atoms. The highest BCUT2D eigenvalue weighted by molar-refractivity contribution is 7.26. The molecule has 0 aliphatic carbocycles. The van der Waals surface area contributed by atoms with Crippen molar-refractivity contribution in [2.45, 2.75) is 52.0 Å². The van der Waals surface area contributed by atoms with Crippen molar-refractivity contribution in [2.24, 2.45) is 0 Å². The molecular weight excluding hydrogens is 386 g/mol. The molecule has 0 saturated carbocycles. The van der Waals surface area contributed by atoms with Crippen LogP contribution in [0.5, 0.6) is 0 Å². The van der Waals surface area contributed by atoms with Crippen LogP contribution in [-0.2, 0) is 18.4 Å². The molecule has 0 bridgehead atoms. The predicted octanol–water partition coefficient (Wildman–Crippen LogP) is 7.10. The molecule has 6 rings (SSSR count). The highest BCUT2D eigenvalue weighted by Gasteiger charge is 2.22. The zero-order valence-corrected chi connectivity index (χ0v) is 18.5. The zero-order chi connectivity index (χ0) is 20.5. The van der Waals surface area contributed by atoms with E-state index in [1.807, 2.05) is 17.5 Å². The average molecular weight is 412 g/mol. The van der Waals surface area contributed by atoms with Crippen molar-refractivity contribution in [2.75, 3.05) is 0 Å². The third-order valence-electron chi connectivity index (χ3n) is 6.33. The van der Waals surface area contributed by atoms with E-state index < -0.39 is 0 Å². The SMILES string of the molecule is CC(C)(C)c1cc(-c2nccc3c2sc2c3nc3n2CCCC3)cc2ccccc12. The second kappa shape index (κ2) is 6.39. The van der Waals surface area contributed by atoms with Crippen LogP contribution in [0.1, 0.15) is 45.0 Å². The topological polar surface area (TPSA) is 30.7 Å². The first-order valence-electron chi connectivity index (χ1n) is 10.8. The van der Waals surface area contributed by atoms with E-state index in [1.54, 1.807) is 0 Å². The van der Waals surface area contributed by atoms with Gasteiger partial charge in [-0.1, -0.05) is 45.0 Å². The minimum absolute atomic E-state index is 0.0632. The molecule has 0 N–H and O–H groups in total. The van der Waals surface area contributed by atoms with Gasteiger partial charge in [0.1, 0.15) is 16.2 Å². The van der Waals surface area contributed by atoms with Gasteiger partial charge in [0, 0.05) is 30.1 Å². The van der Waals surface area contributed by atoms with Crippen molar-refractivity contribution in [3.63, 3.8) is 0 Å². The van der Waals surface area contributed by atoms with Gasteiger partial charge in [0.25, 0.3) is 0 Å². The van der Waals surface area contributed by atoms with Crippen LogP contribution >= 0.6 is 11.3 Å². The van der Waals surface area contributed by atoms with E-state index in [1.165, 1.54) is 55.5 Å². The smallest absolute Gasteiger partial charge is 0.124 e. The Morgan fingerprint density at radius 2 is 1.87 bits per heavy atom. The summed E-state index contributed by atoms with van der Waals surface area (Å²) in [5.74, 6) is 1.25. The molecule has 0 saturated heterocycles. The van der Waals surface area contributed by atoms with Gasteiger partial charge in [-0.2, -0.15) is 0 Å². The molecule has 1 aliphatic rings. The Bertz CT molecular complexity index is 1430. The maximum absolute atomic E-state index is 5.03. The van der Waals surface area contributed by atoms with Crippen LogP contribution in [-0.4, -0.2) is 14.5 Å². The fourth-order valence-corrected chi connectivity index (χ4v) is 6.14. The number of hydrogen-bond acceptors (Lipinski definition) is 3. The summed E-state index contributed by atoms with van der Waals surface area (Å²) in [6.45, 7) is 7.96. The first kappa shape index (κ1) is 18.1. The van der Waals surface area contributed by atoms with Crippen LogP contribution in [0.2, 0.25) is 0 Å². The number of nitrogens with zero attached hydrogens (tertiary/aromatic N) is 3. The summed E-state index contributed by atoms with van der Waals surface area (Å²) in [4.78, 5) is 11.2. The number of rotatable bonds is 1. The Balaban J connectivity index is 1.64. The minimum atomic E-state index is 0.0632. The van der Waals surface area contributed by atoms with Crippen LogP contribution < -0.4 is 0 Å². The second-order valence-corrected chi connectivity index (χ2v) is 10.4. The summed E-state index contributed by atoms with van der Waals surface area (Å²) in [5, 5.41) is 3.85. The van der Waals surface area contributed by atoms with Gasteiger partial charge in [0.2, 0.25) is 0 Å². The van der Waals surface area contributed by atoms with Crippen LogP contribution in [0, 0.1) is 0 Å². The number of thiophene rings is 1. The van der Waals surface area contributed by atoms with Gasteiger partial charge >= 0.3 is 0 Å². The van der Waals surface area contributed by atoms with Gasteiger partial charge in [-0.05, 0) is 52.8 Å². The number of benzene rings is 2. The molecular formula is C26H25N3S. The average Bonchev–Trinajstić information content (AvgIpc) is 3.28. The molecule has 4 heterocycles. The van der Waals surface area contributed by atoms with Crippen LogP contribution in [0.15, 0.2) is 48.7 Å². The molecule has 3 aromatic heterocycles. The molecule has 0 atom stereocenters. The van der Waals surface area contributed by atoms with Crippen molar-refractivity contribution in [1.29, 1.82) is 0 Å². The summed E-state index contributed by atoms with van der Waals surface area (Å²) in [5.41, 5.74) is 4.87. The van der Waals surface area contributed by atoms with Gasteiger partial charge in [0.05, 0.1) is 10.4 Å². The van der Waals surface area contributed by atoms with Crippen LogP contribution in [0.3, 0.4) is 0 Å². The summed E-state index contributed by atoms with van der Waals surface area (Å²) in [6, 6.07) is 15.5. The monoisotopic (exact) mass is 411 g/mol. The summed E-state index contributed by atoms with van der Waals surface area (Å²) in [6.07, 6.45) is 5.55. The van der Waals surface area contributed by atoms with Crippen LogP contribution in [0.25, 0.3) is 42.5 Å². The molecule has 0 radical (unpaired) electrons. The highest BCUT2D eigenvalue weighted by atomic mass is 32.1. The van der Waals surface area contributed by atoms with Gasteiger partial charge in [-0.25, -0.2) is 4.98 Å². The first-order chi connectivity index (χ1) is 14.5. The van der Waals surface area contributed by atoms with Crippen molar-refractivity contribution < 1.29 is 0 Å². The second-order valence-electron chi connectivity index (χ2n) is 9.42. The van der Waals surface area contributed by atoms with Crippen LogP contribution in [0.4, 0.5) is 0 Å². The molecule has 2 aromatic carbocycles. The largest absolute Gasteiger partial charge is 0.320 e. The van der Waals surface area contributed by atoms with Gasteiger partial charge in [-0.3, -0.25) is 4.98 Å². The Kier molecular flexibility index (Phi) is 3.85. The molecule has 4 heteroatoms. The predicted molar refractivity (Wildman–Crippen MR) is 127 cm³/mol.